The lowest BCUT2D eigenvalue weighted by molar-refractivity contribution is -0.698. The first kappa shape index (κ1) is 23.6. The molecule has 0 radical (unpaired) electrons. The molecule has 0 aliphatic heterocycles. The Bertz CT molecular complexity index is 614. The minimum Gasteiger partial charge on any atom is -0.205 e. The number of unbranched alkanes of at least 4 members (excludes halogenated alkanes) is 8. The van der Waals surface area contributed by atoms with Crippen molar-refractivity contribution < 1.29 is 4.57 Å². The molecular formula is C28H44N+. The van der Waals surface area contributed by atoms with Crippen LogP contribution in [-0.2, 0) is 25.8 Å². The summed E-state index contributed by atoms with van der Waals surface area (Å²) in [6.45, 7) is 5.71. The van der Waals surface area contributed by atoms with Crippen LogP contribution in [0.3, 0.4) is 0 Å². The maximum Gasteiger partial charge on any atom is 0.171 e. The average Bonchev–Trinajstić information content (AvgIpc) is 2.74. The lowest BCUT2D eigenvalue weighted by Gasteiger charge is -2.07. The van der Waals surface area contributed by atoms with Crippen molar-refractivity contribution in [1.82, 2.24) is 0 Å². The van der Waals surface area contributed by atoms with E-state index in [0.29, 0.717) is 0 Å². The smallest absolute Gasteiger partial charge is 0.171 e. The molecule has 2 aromatic rings. The van der Waals surface area contributed by atoms with Gasteiger partial charge in [-0.15, -0.1) is 0 Å². The Labute approximate surface area is 180 Å². The van der Waals surface area contributed by atoms with E-state index in [9.17, 15) is 0 Å². The predicted octanol–water partition coefficient (Wildman–Crippen LogP) is 7.63. The summed E-state index contributed by atoms with van der Waals surface area (Å²) in [6.07, 6.45) is 23.4. The van der Waals surface area contributed by atoms with Crippen LogP contribution in [0.5, 0.6) is 0 Å². The zero-order chi connectivity index (χ0) is 20.6. The molecule has 0 atom stereocenters. The van der Waals surface area contributed by atoms with E-state index >= 15 is 0 Å². The molecule has 29 heavy (non-hydrogen) atoms. The molecule has 0 spiro atoms. The molecule has 0 aliphatic carbocycles. The summed E-state index contributed by atoms with van der Waals surface area (Å²) in [6, 6.07) is 13.4. The first-order valence-corrected chi connectivity index (χ1v) is 12.4. The van der Waals surface area contributed by atoms with Crippen molar-refractivity contribution in [3.8, 4) is 0 Å². The number of nitrogens with zero attached hydrogens (tertiary/aromatic N) is 1. The average molecular weight is 395 g/mol. The van der Waals surface area contributed by atoms with Gasteiger partial charge in [0.1, 0.15) is 6.54 Å². The van der Waals surface area contributed by atoms with Crippen molar-refractivity contribution in [2.45, 2.75) is 110 Å². The number of benzene rings is 1. The Morgan fingerprint density at radius 3 is 1.62 bits per heavy atom. The third-order valence-electron chi connectivity index (χ3n) is 5.90. The van der Waals surface area contributed by atoms with Crippen molar-refractivity contribution in [3.63, 3.8) is 0 Å². The molecule has 1 nitrogen and oxygen atoms in total. The zero-order valence-electron chi connectivity index (χ0n) is 19.2. The number of pyridine rings is 1. The number of hydrogen-bond acceptors (Lipinski definition) is 0. The van der Waals surface area contributed by atoms with Crippen LogP contribution in [0.25, 0.3) is 0 Å². The van der Waals surface area contributed by atoms with E-state index in [2.05, 4.69) is 67.2 Å². The second-order valence-electron chi connectivity index (χ2n) is 8.71. The summed E-state index contributed by atoms with van der Waals surface area (Å²) in [5.74, 6) is 0. The Hall–Kier alpha value is -1.63. The van der Waals surface area contributed by atoms with Crippen molar-refractivity contribution in [2.24, 2.45) is 0 Å². The van der Waals surface area contributed by atoms with Crippen LogP contribution >= 0.6 is 0 Å². The van der Waals surface area contributed by atoms with Gasteiger partial charge in [-0.2, -0.15) is 0 Å². The van der Waals surface area contributed by atoms with E-state index in [-0.39, 0.29) is 0 Å². The highest BCUT2D eigenvalue weighted by Gasteiger charge is 2.08. The monoisotopic (exact) mass is 394 g/mol. The van der Waals surface area contributed by atoms with Crippen LogP contribution in [0.2, 0.25) is 0 Å². The highest BCUT2D eigenvalue weighted by atomic mass is 14.9. The van der Waals surface area contributed by atoms with Gasteiger partial charge >= 0.3 is 0 Å². The van der Waals surface area contributed by atoms with Gasteiger partial charge in [0, 0.05) is 17.5 Å². The van der Waals surface area contributed by atoms with Gasteiger partial charge in [-0.05, 0) is 43.7 Å². The summed E-state index contributed by atoms with van der Waals surface area (Å²) in [7, 11) is 0. The third kappa shape index (κ3) is 10.6. The zero-order valence-corrected chi connectivity index (χ0v) is 19.2. The second-order valence-corrected chi connectivity index (χ2v) is 8.71. The first-order valence-electron chi connectivity index (χ1n) is 12.4. The van der Waals surface area contributed by atoms with Crippen LogP contribution in [-0.4, -0.2) is 0 Å². The SMILES string of the molecule is CCCCCCCc1cc(CCCCCCC)c[n+](CCCc2ccccc2)c1. The van der Waals surface area contributed by atoms with Gasteiger partial charge in [-0.1, -0.05) is 95.5 Å². The topological polar surface area (TPSA) is 3.88 Å². The van der Waals surface area contributed by atoms with Crippen molar-refractivity contribution in [3.05, 3.63) is 65.5 Å². The molecule has 0 unspecified atom stereocenters. The minimum absolute atomic E-state index is 1.13. The van der Waals surface area contributed by atoms with E-state index in [1.165, 1.54) is 95.5 Å². The summed E-state index contributed by atoms with van der Waals surface area (Å²) in [5, 5.41) is 0. The van der Waals surface area contributed by atoms with Crippen molar-refractivity contribution in [2.75, 3.05) is 0 Å². The van der Waals surface area contributed by atoms with Gasteiger partial charge in [-0.25, -0.2) is 4.57 Å². The van der Waals surface area contributed by atoms with Gasteiger partial charge in [0.25, 0.3) is 0 Å². The third-order valence-corrected chi connectivity index (χ3v) is 5.90. The van der Waals surface area contributed by atoms with Crippen LogP contribution in [0.4, 0.5) is 0 Å². The molecule has 160 valence electrons. The maximum absolute atomic E-state index is 2.49. The van der Waals surface area contributed by atoms with Gasteiger partial charge in [-0.3, -0.25) is 0 Å². The number of rotatable bonds is 16. The standard InChI is InChI=1S/C28H44N/c1-3-5-7-9-12-19-27-23-28(20-13-10-8-6-4-2)25-29(24-27)22-16-21-26-17-14-11-15-18-26/h11,14-15,17-18,23-25H,3-10,12-13,16,19-22H2,1-2H3/q+1. The summed E-state index contributed by atoms with van der Waals surface area (Å²) >= 11 is 0. The molecule has 2 rings (SSSR count). The van der Waals surface area contributed by atoms with E-state index in [1.54, 1.807) is 11.1 Å². The molecule has 0 saturated heterocycles. The Morgan fingerprint density at radius 1 is 0.552 bits per heavy atom. The fourth-order valence-electron chi connectivity index (χ4n) is 4.15. The molecule has 0 saturated carbocycles. The van der Waals surface area contributed by atoms with Crippen molar-refractivity contribution in [1.29, 1.82) is 0 Å². The maximum atomic E-state index is 2.49. The molecule has 1 heterocycles. The van der Waals surface area contributed by atoms with Gasteiger partial charge in [0.15, 0.2) is 12.4 Å². The highest BCUT2D eigenvalue weighted by molar-refractivity contribution is 5.16. The summed E-state index contributed by atoms with van der Waals surface area (Å²) < 4.78 is 2.48. The van der Waals surface area contributed by atoms with E-state index in [0.717, 1.165) is 6.54 Å². The van der Waals surface area contributed by atoms with E-state index in [1.807, 2.05) is 0 Å². The fraction of sp³-hybridized carbons (Fsp3) is 0.607. The highest BCUT2D eigenvalue weighted by Crippen LogP contribution is 2.13. The molecule has 1 heteroatoms. The van der Waals surface area contributed by atoms with E-state index in [4.69, 9.17) is 0 Å². The number of hydrogen-bond donors (Lipinski definition) is 0. The van der Waals surface area contributed by atoms with Crippen LogP contribution in [0, 0.1) is 0 Å². The predicted molar refractivity (Wildman–Crippen MR) is 126 cm³/mol. The molecule has 0 N–H and O–H groups in total. The largest absolute Gasteiger partial charge is 0.205 e. The molecule has 1 aromatic carbocycles. The Morgan fingerprint density at radius 2 is 1.07 bits per heavy atom. The molecule has 0 amide bonds. The quantitative estimate of drug-likeness (QED) is 0.203. The lowest BCUT2D eigenvalue weighted by atomic mass is 10.0. The van der Waals surface area contributed by atoms with Crippen LogP contribution < -0.4 is 4.57 Å². The van der Waals surface area contributed by atoms with E-state index < -0.39 is 0 Å². The van der Waals surface area contributed by atoms with Gasteiger partial charge < -0.3 is 0 Å². The molecule has 0 fully saturated rings. The molecular weight excluding hydrogens is 350 g/mol. The van der Waals surface area contributed by atoms with Crippen LogP contribution in [0.1, 0.15) is 101 Å². The molecule has 0 bridgehead atoms. The first-order chi connectivity index (χ1) is 14.3. The van der Waals surface area contributed by atoms with Crippen LogP contribution in [0.15, 0.2) is 48.8 Å². The summed E-state index contributed by atoms with van der Waals surface area (Å²) in [5.41, 5.74) is 4.55. The fourth-order valence-corrected chi connectivity index (χ4v) is 4.15. The number of aromatic nitrogens is 1. The normalized spacial score (nSPS) is 11.1. The Balaban J connectivity index is 1.89. The number of aryl methyl sites for hydroxylation is 4. The minimum atomic E-state index is 1.13. The summed E-state index contributed by atoms with van der Waals surface area (Å²) in [4.78, 5) is 0. The van der Waals surface area contributed by atoms with Gasteiger partial charge in [0.05, 0.1) is 0 Å². The van der Waals surface area contributed by atoms with Gasteiger partial charge in [0.2, 0.25) is 0 Å². The molecule has 0 aliphatic rings. The Kier molecular flexibility index (Phi) is 12.4. The van der Waals surface area contributed by atoms with Crippen molar-refractivity contribution >= 4 is 0 Å². The second kappa shape index (κ2) is 15.2. The molecule has 1 aromatic heterocycles. The lowest BCUT2D eigenvalue weighted by Crippen LogP contribution is -2.34.